The second-order valence-corrected chi connectivity index (χ2v) is 6.16. The van der Waals surface area contributed by atoms with Gasteiger partial charge in [0.25, 0.3) is 0 Å². The van der Waals surface area contributed by atoms with E-state index in [1.165, 1.54) is 11.3 Å². The smallest absolute Gasteiger partial charge is 0.248 e. The average Bonchev–Trinajstić information content (AvgIpc) is 3.12. The van der Waals surface area contributed by atoms with E-state index >= 15 is 0 Å². The third-order valence-corrected chi connectivity index (χ3v) is 4.52. The fourth-order valence-electron chi connectivity index (χ4n) is 2.83. The molecule has 1 aromatic carbocycles. The number of primary amides is 1. The molecule has 114 valence electrons. The maximum Gasteiger partial charge on any atom is 0.248 e. The summed E-state index contributed by atoms with van der Waals surface area (Å²) in [6.07, 6.45) is 0. The lowest BCUT2D eigenvalue weighted by molar-refractivity contribution is 0.100. The summed E-state index contributed by atoms with van der Waals surface area (Å²) >= 11 is 1.49. The average molecular weight is 323 g/mol. The van der Waals surface area contributed by atoms with E-state index in [1.54, 1.807) is 23.7 Å². The molecule has 0 saturated carbocycles. The molecule has 6 nitrogen and oxygen atoms in total. The van der Waals surface area contributed by atoms with Crippen molar-refractivity contribution in [3.05, 3.63) is 46.7 Å². The molecule has 0 aliphatic rings. The molecule has 2 N–H and O–H groups in total. The molecule has 0 saturated heterocycles. The zero-order valence-corrected chi connectivity index (χ0v) is 13.4. The van der Waals surface area contributed by atoms with Crippen LogP contribution in [-0.4, -0.2) is 25.3 Å². The summed E-state index contributed by atoms with van der Waals surface area (Å²) in [5, 5.41) is 0. The zero-order chi connectivity index (χ0) is 16.1. The molecule has 23 heavy (non-hydrogen) atoms. The maximum atomic E-state index is 11.5. The van der Waals surface area contributed by atoms with Gasteiger partial charge in [-0.1, -0.05) is 12.1 Å². The Morgan fingerprint density at radius 1 is 1.22 bits per heavy atom. The predicted molar refractivity (Wildman–Crippen MR) is 89.6 cm³/mol. The number of fused-ring (bicyclic) bond motifs is 3. The highest BCUT2D eigenvalue weighted by Gasteiger charge is 2.18. The lowest BCUT2D eigenvalue weighted by atomic mass is 10.1. The SMILES string of the molecule is Cc1nc(-c2cccc(C(N)=O)c2)n2c1c(C)nc1scnc12. The van der Waals surface area contributed by atoms with Crippen molar-refractivity contribution < 1.29 is 4.79 Å². The van der Waals surface area contributed by atoms with Crippen LogP contribution in [-0.2, 0) is 0 Å². The Morgan fingerprint density at radius 3 is 2.78 bits per heavy atom. The summed E-state index contributed by atoms with van der Waals surface area (Å²) in [7, 11) is 0. The first-order chi connectivity index (χ1) is 11.1. The van der Waals surface area contributed by atoms with E-state index in [4.69, 9.17) is 5.73 Å². The summed E-state index contributed by atoms with van der Waals surface area (Å²) in [4.78, 5) is 26.0. The predicted octanol–water partition coefficient (Wildman–Crippen LogP) is 2.72. The number of aromatic nitrogens is 4. The lowest BCUT2D eigenvalue weighted by Gasteiger charge is -2.05. The van der Waals surface area contributed by atoms with Crippen molar-refractivity contribution in [1.29, 1.82) is 0 Å². The number of amides is 1. The van der Waals surface area contributed by atoms with Crippen molar-refractivity contribution in [3.63, 3.8) is 0 Å². The Balaban J connectivity index is 2.12. The van der Waals surface area contributed by atoms with Crippen LogP contribution in [0.1, 0.15) is 21.7 Å². The van der Waals surface area contributed by atoms with Gasteiger partial charge in [-0.15, -0.1) is 11.3 Å². The van der Waals surface area contributed by atoms with Crippen LogP contribution in [0.25, 0.3) is 27.4 Å². The number of nitrogens with two attached hydrogens (primary N) is 1. The fourth-order valence-corrected chi connectivity index (χ4v) is 3.53. The van der Waals surface area contributed by atoms with Gasteiger partial charge in [-0.25, -0.2) is 15.0 Å². The number of nitrogens with zero attached hydrogens (tertiary/aromatic N) is 4. The number of hydrogen-bond donors (Lipinski definition) is 1. The van der Waals surface area contributed by atoms with Gasteiger partial charge in [0.2, 0.25) is 5.91 Å². The van der Waals surface area contributed by atoms with Gasteiger partial charge >= 0.3 is 0 Å². The van der Waals surface area contributed by atoms with Crippen LogP contribution in [0.2, 0.25) is 0 Å². The first kappa shape index (κ1) is 13.8. The number of carbonyl (C=O) groups is 1. The summed E-state index contributed by atoms with van der Waals surface area (Å²) in [5.41, 5.74) is 11.9. The van der Waals surface area contributed by atoms with Crippen molar-refractivity contribution in [2.24, 2.45) is 5.73 Å². The van der Waals surface area contributed by atoms with Crippen LogP contribution in [0.15, 0.2) is 29.8 Å². The van der Waals surface area contributed by atoms with Crippen LogP contribution in [0.4, 0.5) is 0 Å². The number of hydrogen-bond acceptors (Lipinski definition) is 5. The highest BCUT2D eigenvalue weighted by molar-refractivity contribution is 7.16. The van der Waals surface area contributed by atoms with Crippen molar-refractivity contribution in [3.8, 4) is 11.4 Å². The first-order valence-electron chi connectivity index (χ1n) is 7.05. The molecule has 0 aliphatic carbocycles. The Bertz CT molecular complexity index is 1080. The van der Waals surface area contributed by atoms with Crippen molar-refractivity contribution in [1.82, 2.24) is 19.4 Å². The van der Waals surface area contributed by atoms with Crippen LogP contribution in [0.5, 0.6) is 0 Å². The molecular weight excluding hydrogens is 310 g/mol. The summed E-state index contributed by atoms with van der Waals surface area (Å²) in [6, 6.07) is 7.16. The van der Waals surface area contributed by atoms with Gasteiger partial charge in [-0.3, -0.25) is 9.20 Å². The zero-order valence-electron chi connectivity index (χ0n) is 12.6. The van der Waals surface area contributed by atoms with Crippen LogP contribution < -0.4 is 5.73 Å². The Labute approximate surface area is 135 Å². The maximum absolute atomic E-state index is 11.5. The Hall–Kier alpha value is -2.80. The largest absolute Gasteiger partial charge is 0.366 e. The van der Waals surface area contributed by atoms with E-state index in [9.17, 15) is 4.79 Å². The highest BCUT2D eigenvalue weighted by atomic mass is 32.1. The summed E-state index contributed by atoms with van der Waals surface area (Å²) < 4.78 is 2.00. The monoisotopic (exact) mass is 323 g/mol. The van der Waals surface area contributed by atoms with Crippen LogP contribution >= 0.6 is 11.3 Å². The van der Waals surface area contributed by atoms with Gasteiger partial charge in [0.1, 0.15) is 5.82 Å². The molecule has 1 amide bonds. The molecule has 0 spiro atoms. The molecule has 0 bridgehead atoms. The second-order valence-electron chi connectivity index (χ2n) is 5.33. The van der Waals surface area contributed by atoms with E-state index in [0.29, 0.717) is 5.56 Å². The molecule has 0 unspecified atom stereocenters. The Kier molecular flexibility index (Phi) is 2.92. The van der Waals surface area contributed by atoms with Crippen LogP contribution in [0, 0.1) is 13.8 Å². The molecule has 4 aromatic rings. The summed E-state index contributed by atoms with van der Waals surface area (Å²) in [5.74, 6) is 0.281. The van der Waals surface area contributed by atoms with E-state index < -0.39 is 5.91 Å². The lowest BCUT2D eigenvalue weighted by Crippen LogP contribution is -2.10. The number of benzene rings is 1. The van der Waals surface area contributed by atoms with Crippen LogP contribution in [0.3, 0.4) is 0 Å². The number of rotatable bonds is 2. The van der Waals surface area contributed by atoms with E-state index in [-0.39, 0.29) is 0 Å². The molecule has 3 aromatic heterocycles. The summed E-state index contributed by atoms with van der Waals surface area (Å²) in [6.45, 7) is 3.91. The molecule has 0 radical (unpaired) electrons. The molecular formula is C16H13N5OS. The first-order valence-corrected chi connectivity index (χ1v) is 7.93. The number of aryl methyl sites for hydroxylation is 2. The standard InChI is InChI=1S/C16H13N5OS/c1-8-12-9(2)20-16-15(18-7-23-16)21(12)14(19-8)11-5-3-4-10(6-11)13(17)22/h3-7H,1-2H3,(H2,17,22). The molecule has 7 heteroatoms. The molecule has 0 atom stereocenters. The van der Waals surface area contributed by atoms with E-state index in [0.717, 1.165) is 38.8 Å². The normalized spacial score (nSPS) is 11.4. The van der Waals surface area contributed by atoms with E-state index in [1.807, 2.05) is 24.3 Å². The van der Waals surface area contributed by atoms with Gasteiger partial charge in [0.15, 0.2) is 10.5 Å². The second kappa shape index (κ2) is 4.85. The quantitative estimate of drug-likeness (QED) is 0.614. The highest BCUT2D eigenvalue weighted by Crippen LogP contribution is 2.29. The Morgan fingerprint density at radius 2 is 2.00 bits per heavy atom. The minimum absolute atomic E-state index is 0.456. The van der Waals surface area contributed by atoms with Crippen molar-refractivity contribution >= 4 is 33.2 Å². The topological polar surface area (TPSA) is 86.2 Å². The van der Waals surface area contributed by atoms with Gasteiger partial charge in [0.05, 0.1) is 22.4 Å². The minimum atomic E-state index is -0.457. The molecule has 3 heterocycles. The third kappa shape index (κ3) is 2.01. The van der Waals surface area contributed by atoms with Crippen molar-refractivity contribution in [2.75, 3.05) is 0 Å². The third-order valence-electron chi connectivity index (χ3n) is 3.81. The number of carbonyl (C=O) groups excluding carboxylic acids is 1. The number of thiazole rings is 1. The molecule has 0 aliphatic heterocycles. The molecule has 4 rings (SSSR count). The van der Waals surface area contributed by atoms with Gasteiger partial charge < -0.3 is 5.73 Å². The van der Waals surface area contributed by atoms with Gasteiger partial charge in [-0.2, -0.15) is 0 Å². The number of imidazole rings is 1. The fraction of sp³-hybridized carbons (Fsp3) is 0.125. The van der Waals surface area contributed by atoms with Gasteiger partial charge in [0, 0.05) is 11.1 Å². The molecule has 0 fully saturated rings. The van der Waals surface area contributed by atoms with Gasteiger partial charge in [-0.05, 0) is 26.0 Å². The van der Waals surface area contributed by atoms with E-state index in [2.05, 4.69) is 15.0 Å². The van der Waals surface area contributed by atoms with Crippen molar-refractivity contribution in [2.45, 2.75) is 13.8 Å². The minimum Gasteiger partial charge on any atom is -0.366 e.